The van der Waals surface area contributed by atoms with E-state index < -0.39 is 5.91 Å². The molecule has 2 amide bonds. The van der Waals surface area contributed by atoms with Crippen LogP contribution in [0.1, 0.15) is 10.5 Å². The van der Waals surface area contributed by atoms with E-state index in [4.69, 9.17) is 0 Å². The molecule has 0 aliphatic carbocycles. The first-order valence-electron chi connectivity index (χ1n) is 7.00. The topological polar surface area (TPSA) is 76.0 Å². The number of hydrazine groups is 1. The first kappa shape index (κ1) is 14.5. The largest absolute Gasteiger partial charge is 0.288 e. The number of carbonyl (C=O) groups is 2. The lowest BCUT2D eigenvalue weighted by Gasteiger charge is -2.06. The summed E-state index contributed by atoms with van der Waals surface area (Å²) in [5, 5.41) is 4.52. The molecule has 1 aromatic heterocycles. The van der Waals surface area contributed by atoms with E-state index in [1.807, 2.05) is 60.7 Å². The summed E-state index contributed by atoms with van der Waals surface area (Å²) in [4.78, 5) is 22.6. The summed E-state index contributed by atoms with van der Waals surface area (Å²) in [6.07, 6.45) is 0.402. The Morgan fingerprint density at radius 2 is 1.65 bits per heavy atom. The monoisotopic (exact) mass is 306 g/mol. The van der Waals surface area contributed by atoms with E-state index in [2.05, 4.69) is 16.0 Å². The van der Waals surface area contributed by atoms with Gasteiger partial charge in [0.25, 0.3) is 5.91 Å². The van der Waals surface area contributed by atoms with Crippen LogP contribution >= 0.6 is 0 Å². The van der Waals surface area contributed by atoms with Crippen LogP contribution in [0, 0.1) is 0 Å². The van der Waals surface area contributed by atoms with Crippen LogP contribution in [-0.4, -0.2) is 22.1 Å². The van der Waals surface area contributed by atoms with Crippen LogP contribution in [0.2, 0.25) is 0 Å². The first-order chi connectivity index (χ1) is 11.3. The second-order valence-corrected chi connectivity index (χ2v) is 4.74. The highest BCUT2D eigenvalue weighted by Crippen LogP contribution is 2.21. The molecule has 0 unspecified atom stereocenters. The molecule has 0 radical (unpaired) electrons. The molecule has 1 heterocycles. The van der Waals surface area contributed by atoms with E-state index in [0.29, 0.717) is 17.8 Å². The summed E-state index contributed by atoms with van der Waals surface area (Å²) < 4.78 is 1.55. The van der Waals surface area contributed by atoms with E-state index in [-0.39, 0.29) is 0 Å². The number of hydrogen-bond acceptors (Lipinski definition) is 3. The number of nitrogens with zero attached hydrogens (tertiary/aromatic N) is 2. The zero-order valence-corrected chi connectivity index (χ0v) is 12.1. The molecule has 2 aromatic carbocycles. The van der Waals surface area contributed by atoms with E-state index in [1.165, 1.54) is 0 Å². The molecule has 6 heteroatoms. The van der Waals surface area contributed by atoms with Crippen molar-refractivity contribution in [2.24, 2.45) is 0 Å². The number of carbonyl (C=O) groups excluding carboxylic acids is 2. The van der Waals surface area contributed by atoms with E-state index in [9.17, 15) is 9.59 Å². The van der Waals surface area contributed by atoms with Crippen LogP contribution in [0.4, 0.5) is 0 Å². The molecule has 114 valence electrons. The fourth-order valence-electron chi connectivity index (χ4n) is 2.22. The van der Waals surface area contributed by atoms with E-state index in [1.54, 1.807) is 10.7 Å². The fourth-order valence-corrected chi connectivity index (χ4v) is 2.22. The number of amides is 2. The van der Waals surface area contributed by atoms with E-state index >= 15 is 0 Å². The highest BCUT2D eigenvalue weighted by Gasteiger charge is 2.17. The molecule has 0 spiro atoms. The summed E-state index contributed by atoms with van der Waals surface area (Å²) in [6.45, 7) is 0. The maximum Gasteiger partial charge on any atom is 0.288 e. The summed E-state index contributed by atoms with van der Waals surface area (Å²) in [5.74, 6) is -0.448. The number of para-hydroxylation sites is 1. The lowest BCUT2D eigenvalue weighted by atomic mass is 10.1. The van der Waals surface area contributed by atoms with Crippen molar-refractivity contribution in [3.8, 4) is 16.9 Å². The highest BCUT2D eigenvalue weighted by atomic mass is 16.2. The molecule has 0 fully saturated rings. The average molecular weight is 306 g/mol. The van der Waals surface area contributed by atoms with Crippen LogP contribution in [0.15, 0.2) is 66.7 Å². The van der Waals surface area contributed by atoms with Gasteiger partial charge in [0.15, 0.2) is 0 Å². The molecule has 0 atom stereocenters. The minimum absolute atomic E-state index is 0.324. The van der Waals surface area contributed by atoms with Gasteiger partial charge in [0.1, 0.15) is 5.69 Å². The maximum atomic E-state index is 12.2. The van der Waals surface area contributed by atoms with Gasteiger partial charge in [-0.3, -0.25) is 20.4 Å². The zero-order valence-electron chi connectivity index (χ0n) is 12.1. The molecule has 23 heavy (non-hydrogen) atoms. The minimum Gasteiger partial charge on any atom is -0.277 e. The third-order valence-corrected chi connectivity index (χ3v) is 3.26. The second-order valence-electron chi connectivity index (χ2n) is 4.74. The van der Waals surface area contributed by atoms with Gasteiger partial charge >= 0.3 is 0 Å². The Balaban J connectivity index is 2.07. The molecular formula is C17H14N4O2. The van der Waals surface area contributed by atoms with Crippen LogP contribution in [-0.2, 0) is 4.79 Å². The van der Waals surface area contributed by atoms with Gasteiger partial charge in [-0.15, -0.1) is 0 Å². The van der Waals surface area contributed by atoms with Gasteiger partial charge < -0.3 is 0 Å². The van der Waals surface area contributed by atoms with Crippen molar-refractivity contribution in [1.82, 2.24) is 20.6 Å². The maximum absolute atomic E-state index is 12.2. The molecule has 0 aliphatic heterocycles. The summed E-state index contributed by atoms with van der Waals surface area (Å²) in [5.41, 5.74) is 7.11. The van der Waals surface area contributed by atoms with Crippen LogP contribution in [0.3, 0.4) is 0 Å². The predicted octanol–water partition coefficient (Wildman–Crippen LogP) is 1.93. The molecule has 0 aliphatic rings. The quantitative estimate of drug-likeness (QED) is 0.558. The van der Waals surface area contributed by atoms with Crippen molar-refractivity contribution in [3.05, 3.63) is 72.4 Å². The van der Waals surface area contributed by atoms with Crippen LogP contribution in [0.25, 0.3) is 16.9 Å². The van der Waals surface area contributed by atoms with Crippen LogP contribution in [0.5, 0.6) is 0 Å². The standard InChI is InChI=1S/C17H14N4O2/c22-12-18-19-17(23)16-11-15(13-7-3-1-4-8-13)20-21(16)14-9-5-2-6-10-14/h1-12H,(H,18,22)(H,19,23). The SMILES string of the molecule is O=CNNC(=O)c1cc(-c2ccccc2)nn1-c1ccccc1. The average Bonchev–Trinajstić information content (AvgIpc) is 3.07. The number of aromatic nitrogens is 2. The van der Waals surface area contributed by atoms with Gasteiger partial charge in [0.2, 0.25) is 6.41 Å². The lowest BCUT2D eigenvalue weighted by molar-refractivity contribution is -0.110. The van der Waals surface area contributed by atoms with Crippen molar-refractivity contribution in [2.45, 2.75) is 0 Å². The predicted molar refractivity (Wildman–Crippen MR) is 85.7 cm³/mol. The Morgan fingerprint density at radius 1 is 1.00 bits per heavy atom. The summed E-state index contributed by atoms with van der Waals surface area (Å²) in [7, 11) is 0. The van der Waals surface area contributed by atoms with Gasteiger partial charge in [-0.1, -0.05) is 48.5 Å². The molecule has 3 aromatic rings. The third kappa shape index (κ3) is 3.11. The highest BCUT2D eigenvalue weighted by molar-refractivity contribution is 5.94. The minimum atomic E-state index is -0.448. The molecule has 2 N–H and O–H groups in total. The molecule has 0 saturated heterocycles. The van der Waals surface area contributed by atoms with Gasteiger partial charge in [-0.05, 0) is 18.2 Å². The van der Waals surface area contributed by atoms with Gasteiger partial charge in [0.05, 0.1) is 11.4 Å². The normalized spacial score (nSPS) is 10.1. The number of benzene rings is 2. The van der Waals surface area contributed by atoms with Gasteiger partial charge in [-0.2, -0.15) is 5.10 Å². The fraction of sp³-hybridized carbons (Fsp3) is 0. The van der Waals surface area contributed by atoms with Crippen molar-refractivity contribution in [2.75, 3.05) is 0 Å². The Hall–Kier alpha value is -3.41. The number of hydrogen-bond donors (Lipinski definition) is 2. The third-order valence-electron chi connectivity index (χ3n) is 3.26. The van der Waals surface area contributed by atoms with Crippen molar-refractivity contribution >= 4 is 12.3 Å². The zero-order chi connectivity index (χ0) is 16.1. The molecule has 3 rings (SSSR count). The first-order valence-corrected chi connectivity index (χ1v) is 7.00. The summed E-state index contributed by atoms with van der Waals surface area (Å²) >= 11 is 0. The Morgan fingerprint density at radius 3 is 2.30 bits per heavy atom. The Labute approximate surface area is 132 Å². The molecule has 0 saturated carbocycles. The molecular weight excluding hydrogens is 292 g/mol. The smallest absolute Gasteiger partial charge is 0.277 e. The van der Waals surface area contributed by atoms with Crippen molar-refractivity contribution in [1.29, 1.82) is 0 Å². The second kappa shape index (κ2) is 6.57. The Kier molecular flexibility index (Phi) is 4.15. The Bertz CT molecular complexity index is 813. The number of nitrogens with one attached hydrogen (secondary N) is 2. The number of rotatable bonds is 5. The van der Waals surface area contributed by atoms with E-state index in [0.717, 1.165) is 11.3 Å². The molecule has 6 nitrogen and oxygen atoms in total. The van der Waals surface area contributed by atoms with Crippen molar-refractivity contribution < 1.29 is 9.59 Å². The summed E-state index contributed by atoms with van der Waals surface area (Å²) in [6, 6.07) is 20.6. The van der Waals surface area contributed by atoms with Crippen LogP contribution < -0.4 is 10.9 Å². The van der Waals surface area contributed by atoms with Gasteiger partial charge in [0, 0.05) is 5.56 Å². The van der Waals surface area contributed by atoms with Gasteiger partial charge in [-0.25, -0.2) is 4.68 Å². The molecule has 0 bridgehead atoms. The van der Waals surface area contributed by atoms with Crippen molar-refractivity contribution in [3.63, 3.8) is 0 Å². The lowest BCUT2D eigenvalue weighted by Crippen LogP contribution is -2.37.